The van der Waals surface area contributed by atoms with Crippen molar-refractivity contribution in [3.05, 3.63) is 0 Å². The van der Waals surface area contributed by atoms with Crippen molar-refractivity contribution in [3.63, 3.8) is 0 Å². The molecule has 0 aliphatic rings. The Hall–Kier alpha value is -1.81. The highest BCUT2D eigenvalue weighted by Gasteiger charge is 1.96. The SMILES string of the molecule is CC#CONC(=O)OC#CC. The average Bonchev–Trinajstić information content (AvgIpc) is 2.01. The fraction of sp³-hybridized carbons (Fsp3) is 0.286. The number of hydrogen-bond acceptors (Lipinski definition) is 3. The molecule has 4 nitrogen and oxygen atoms in total. The van der Waals surface area contributed by atoms with E-state index in [1.165, 1.54) is 0 Å². The Morgan fingerprint density at radius 1 is 1.27 bits per heavy atom. The molecule has 0 atom stereocenters. The lowest BCUT2D eigenvalue weighted by molar-refractivity contribution is 0.117. The Morgan fingerprint density at radius 2 is 1.91 bits per heavy atom. The first-order valence-electron chi connectivity index (χ1n) is 2.77. The van der Waals surface area contributed by atoms with Crippen molar-refractivity contribution in [2.75, 3.05) is 0 Å². The third kappa shape index (κ3) is 6.07. The molecule has 0 bridgehead atoms. The van der Waals surface area contributed by atoms with Gasteiger partial charge >= 0.3 is 6.09 Å². The molecular formula is C7H7NO3. The molecule has 1 amide bonds. The van der Waals surface area contributed by atoms with E-state index in [-0.39, 0.29) is 0 Å². The van der Waals surface area contributed by atoms with E-state index >= 15 is 0 Å². The first-order chi connectivity index (χ1) is 5.31. The van der Waals surface area contributed by atoms with Gasteiger partial charge in [0.1, 0.15) is 12.2 Å². The minimum absolute atomic E-state index is 0.790. The van der Waals surface area contributed by atoms with Crippen LogP contribution in [0, 0.1) is 24.1 Å². The maximum atomic E-state index is 10.4. The Morgan fingerprint density at radius 3 is 2.45 bits per heavy atom. The zero-order valence-corrected chi connectivity index (χ0v) is 6.22. The van der Waals surface area contributed by atoms with Crippen LogP contribution in [-0.2, 0) is 9.57 Å². The van der Waals surface area contributed by atoms with Gasteiger partial charge in [-0.05, 0) is 0 Å². The molecule has 0 radical (unpaired) electrons. The van der Waals surface area contributed by atoms with Gasteiger partial charge in [0, 0.05) is 13.8 Å². The van der Waals surface area contributed by atoms with E-state index in [4.69, 9.17) is 0 Å². The largest absolute Gasteiger partial charge is 0.455 e. The summed E-state index contributed by atoms with van der Waals surface area (Å²) >= 11 is 0. The summed E-state index contributed by atoms with van der Waals surface area (Å²) in [5.41, 5.74) is 1.88. The predicted octanol–water partition coefficient (Wildman–Crippen LogP) is 0.606. The van der Waals surface area contributed by atoms with E-state index in [0.29, 0.717) is 0 Å². The number of hydroxylamine groups is 1. The summed E-state index contributed by atoms with van der Waals surface area (Å²) in [5.74, 6) is 4.76. The number of nitrogens with one attached hydrogen (secondary N) is 1. The van der Waals surface area contributed by atoms with Crippen molar-refractivity contribution in [2.24, 2.45) is 0 Å². The monoisotopic (exact) mass is 153 g/mol. The van der Waals surface area contributed by atoms with E-state index < -0.39 is 6.09 Å². The van der Waals surface area contributed by atoms with Gasteiger partial charge in [0.05, 0.1) is 0 Å². The van der Waals surface area contributed by atoms with Crippen LogP contribution in [0.3, 0.4) is 0 Å². The molecule has 0 unspecified atom stereocenters. The summed E-state index contributed by atoms with van der Waals surface area (Å²) in [6.45, 7) is 3.11. The molecule has 0 heterocycles. The lowest BCUT2D eigenvalue weighted by Crippen LogP contribution is -2.20. The zero-order valence-electron chi connectivity index (χ0n) is 6.22. The van der Waals surface area contributed by atoms with Gasteiger partial charge in [-0.3, -0.25) is 0 Å². The second kappa shape index (κ2) is 6.31. The lowest BCUT2D eigenvalue weighted by atomic mass is 10.8. The molecule has 58 valence electrons. The zero-order chi connectivity index (χ0) is 8.53. The molecule has 11 heavy (non-hydrogen) atoms. The molecule has 4 heteroatoms. The van der Waals surface area contributed by atoms with Crippen LogP contribution in [0.1, 0.15) is 13.8 Å². The van der Waals surface area contributed by atoms with Crippen LogP contribution in [-0.4, -0.2) is 6.09 Å². The summed E-state index contributed by atoms with van der Waals surface area (Å²) in [5, 5.41) is 0. The van der Waals surface area contributed by atoms with E-state index in [9.17, 15) is 4.79 Å². The summed E-state index contributed by atoms with van der Waals surface area (Å²) in [6.07, 6.45) is 3.44. The number of ether oxygens (including phenoxy) is 1. The Balaban J connectivity index is 3.48. The first kappa shape index (κ1) is 9.19. The second-order valence-corrected chi connectivity index (χ2v) is 1.30. The van der Waals surface area contributed by atoms with E-state index in [2.05, 4.69) is 33.6 Å². The van der Waals surface area contributed by atoms with Gasteiger partial charge < -0.3 is 9.57 Å². The van der Waals surface area contributed by atoms with Crippen LogP contribution in [0.25, 0.3) is 0 Å². The maximum Gasteiger partial charge on any atom is 0.455 e. The van der Waals surface area contributed by atoms with Crippen LogP contribution in [0.4, 0.5) is 4.79 Å². The van der Waals surface area contributed by atoms with Crippen LogP contribution < -0.4 is 5.48 Å². The van der Waals surface area contributed by atoms with Crippen LogP contribution in [0.15, 0.2) is 0 Å². The van der Waals surface area contributed by atoms with Crippen molar-refractivity contribution in [2.45, 2.75) is 13.8 Å². The van der Waals surface area contributed by atoms with Gasteiger partial charge in [0.15, 0.2) is 0 Å². The van der Waals surface area contributed by atoms with Gasteiger partial charge in [0.2, 0.25) is 0 Å². The van der Waals surface area contributed by atoms with Gasteiger partial charge in [-0.1, -0.05) is 11.8 Å². The molecular weight excluding hydrogens is 146 g/mol. The molecule has 0 aliphatic heterocycles. The van der Waals surface area contributed by atoms with Crippen LogP contribution in [0.5, 0.6) is 0 Å². The molecule has 0 saturated carbocycles. The highest BCUT2D eigenvalue weighted by atomic mass is 16.7. The Kier molecular flexibility index (Phi) is 5.27. The van der Waals surface area contributed by atoms with Crippen molar-refractivity contribution in [1.82, 2.24) is 5.48 Å². The third-order valence-electron chi connectivity index (χ3n) is 0.533. The first-order valence-corrected chi connectivity index (χ1v) is 2.77. The second-order valence-electron chi connectivity index (χ2n) is 1.30. The normalized spacial score (nSPS) is 6.00. The van der Waals surface area contributed by atoms with Crippen LogP contribution >= 0.6 is 0 Å². The summed E-state index contributed by atoms with van der Waals surface area (Å²) < 4.78 is 4.23. The highest BCUT2D eigenvalue weighted by molar-refractivity contribution is 5.67. The molecule has 1 N–H and O–H groups in total. The molecule has 0 aromatic carbocycles. The van der Waals surface area contributed by atoms with Gasteiger partial charge in [-0.15, -0.1) is 5.48 Å². The fourth-order valence-corrected chi connectivity index (χ4v) is 0.236. The van der Waals surface area contributed by atoms with Crippen molar-refractivity contribution >= 4 is 6.09 Å². The third-order valence-corrected chi connectivity index (χ3v) is 0.533. The average molecular weight is 153 g/mol. The number of hydrogen-bond donors (Lipinski definition) is 1. The van der Waals surface area contributed by atoms with Crippen molar-refractivity contribution < 1.29 is 14.4 Å². The highest BCUT2D eigenvalue weighted by Crippen LogP contribution is 1.73. The number of rotatable bonds is 1. The van der Waals surface area contributed by atoms with Gasteiger partial charge in [-0.25, -0.2) is 4.79 Å². The quantitative estimate of drug-likeness (QED) is 0.443. The smallest absolute Gasteiger partial charge is 0.354 e. The van der Waals surface area contributed by atoms with E-state index in [1.54, 1.807) is 13.8 Å². The molecule has 0 fully saturated rings. The molecule has 0 aromatic heterocycles. The fourth-order valence-electron chi connectivity index (χ4n) is 0.236. The predicted molar refractivity (Wildman–Crippen MR) is 37.6 cm³/mol. The van der Waals surface area contributed by atoms with E-state index in [1.807, 2.05) is 5.48 Å². The summed E-state index contributed by atoms with van der Waals surface area (Å²) in [6, 6.07) is 0. The van der Waals surface area contributed by atoms with Gasteiger partial charge in [0.25, 0.3) is 0 Å². The minimum atomic E-state index is -0.790. The minimum Gasteiger partial charge on any atom is -0.354 e. The molecule has 0 aromatic rings. The van der Waals surface area contributed by atoms with Crippen molar-refractivity contribution in [1.29, 1.82) is 0 Å². The van der Waals surface area contributed by atoms with Crippen molar-refractivity contribution in [3.8, 4) is 24.1 Å². The molecule has 0 aliphatic carbocycles. The maximum absolute atomic E-state index is 10.4. The Bertz CT molecular complexity index is 238. The summed E-state index contributed by atoms with van der Waals surface area (Å²) in [7, 11) is 0. The topological polar surface area (TPSA) is 47.6 Å². The van der Waals surface area contributed by atoms with E-state index in [0.717, 1.165) is 0 Å². The number of carbonyl (C=O) groups excluding carboxylic acids is 1. The Labute approximate surface area is 64.8 Å². The molecule has 0 rings (SSSR count). The number of amides is 1. The standard InChI is InChI=1S/C7H7NO3/c1-3-5-10-7(9)8-11-6-4-2/h1-2H3,(H,8,9). The molecule has 0 spiro atoms. The van der Waals surface area contributed by atoms with Crippen LogP contribution in [0.2, 0.25) is 0 Å². The summed E-state index contributed by atoms with van der Waals surface area (Å²) in [4.78, 5) is 14.7. The van der Waals surface area contributed by atoms with Gasteiger partial charge in [-0.2, -0.15) is 0 Å². The number of carbonyl (C=O) groups is 1. The lowest BCUT2D eigenvalue weighted by Gasteiger charge is -1.94. The molecule has 0 saturated heterocycles.